The number of amides is 2. The third-order valence-corrected chi connectivity index (χ3v) is 4.14. The predicted molar refractivity (Wildman–Crippen MR) is 74.0 cm³/mol. The number of hydrogen-bond acceptors (Lipinski definition) is 3. The molecule has 1 N–H and O–H groups in total. The summed E-state index contributed by atoms with van der Waals surface area (Å²) < 4.78 is 20.1. The Balaban J connectivity index is 1.95. The van der Waals surface area contributed by atoms with Gasteiger partial charge < -0.3 is 19.6 Å². The number of rotatable bonds is 0. The van der Waals surface area contributed by atoms with Gasteiger partial charge >= 0.3 is 6.09 Å². The molecule has 1 atom stereocenters. The number of carbonyl (C=O) groups excluding carboxylic acids is 1. The van der Waals surface area contributed by atoms with E-state index >= 15 is 0 Å². The molecule has 2 amide bonds. The molecule has 0 aromatic heterocycles. The molecule has 8 heteroatoms. The van der Waals surface area contributed by atoms with Gasteiger partial charge in [-0.3, -0.25) is 4.79 Å². The molecule has 0 bridgehead atoms. The van der Waals surface area contributed by atoms with Crippen molar-refractivity contribution in [3.8, 4) is 5.75 Å². The highest BCUT2D eigenvalue weighted by Crippen LogP contribution is 2.31. The van der Waals surface area contributed by atoms with Crippen molar-refractivity contribution in [1.29, 1.82) is 0 Å². The van der Waals surface area contributed by atoms with Gasteiger partial charge in [-0.05, 0) is 12.1 Å². The van der Waals surface area contributed by atoms with Crippen LogP contribution in [0.2, 0.25) is 0 Å². The fraction of sp³-hybridized carbons (Fsp3) is 0.385. The molecule has 0 radical (unpaired) electrons. The van der Waals surface area contributed by atoms with Crippen molar-refractivity contribution < 1.29 is 23.8 Å². The second kappa shape index (κ2) is 5.18. The topological polar surface area (TPSA) is 70.1 Å². The molecule has 1 fully saturated rings. The lowest BCUT2D eigenvalue weighted by atomic mass is 10.1. The normalized spacial score (nSPS) is 21.2. The summed E-state index contributed by atoms with van der Waals surface area (Å²) in [5.41, 5.74) is -0.0931. The lowest BCUT2D eigenvalue weighted by Gasteiger charge is -2.38. The summed E-state index contributed by atoms with van der Waals surface area (Å²) in [6.07, 6.45) is -1.03. The molecule has 0 saturated carbocycles. The van der Waals surface area contributed by atoms with E-state index in [4.69, 9.17) is 9.84 Å². The Bertz CT molecular complexity index is 624. The molecule has 1 saturated heterocycles. The largest absolute Gasteiger partial charge is 0.490 e. The first-order valence-corrected chi connectivity index (χ1v) is 7.17. The van der Waals surface area contributed by atoms with Crippen molar-refractivity contribution in [1.82, 2.24) is 9.80 Å². The third kappa shape index (κ3) is 2.44. The lowest BCUT2D eigenvalue weighted by molar-refractivity contribution is 0.0388. The maximum atomic E-state index is 14.1. The molecule has 3 rings (SSSR count). The zero-order valence-electron chi connectivity index (χ0n) is 10.9. The first kappa shape index (κ1) is 14.1. The highest BCUT2D eigenvalue weighted by Gasteiger charge is 2.38. The van der Waals surface area contributed by atoms with Crippen molar-refractivity contribution in [3.05, 3.63) is 28.0 Å². The van der Waals surface area contributed by atoms with E-state index in [1.165, 1.54) is 15.9 Å². The van der Waals surface area contributed by atoms with Gasteiger partial charge in [-0.25, -0.2) is 9.18 Å². The first-order chi connectivity index (χ1) is 9.97. The van der Waals surface area contributed by atoms with E-state index in [0.29, 0.717) is 4.47 Å². The predicted octanol–water partition coefficient (Wildman–Crippen LogP) is 1.79. The Morgan fingerprint density at radius 3 is 2.90 bits per heavy atom. The van der Waals surface area contributed by atoms with E-state index in [0.717, 1.165) is 0 Å². The van der Waals surface area contributed by atoms with Crippen LogP contribution < -0.4 is 4.74 Å². The average Bonchev–Trinajstić information content (AvgIpc) is 2.56. The van der Waals surface area contributed by atoms with Gasteiger partial charge in [0.05, 0.1) is 6.04 Å². The number of halogens is 2. The van der Waals surface area contributed by atoms with Gasteiger partial charge in [0.1, 0.15) is 23.7 Å². The highest BCUT2D eigenvalue weighted by atomic mass is 79.9. The van der Waals surface area contributed by atoms with Crippen molar-refractivity contribution in [2.45, 2.75) is 6.04 Å². The molecule has 2 heterocycles. The third-order valence-electron chi connectivity index (χ3n) is 3.68. The van der Waals surface area contributed by atoms with Crippen LogP contribution in [-0.4, -0.2) is 59.2 Å². The van der Waals surface area contributed by atoms with Crippen LogP contribution in [-0.2, 0) is 0 Å². The van der Waals surface area contributed by atoms with Crippen LogP contribution in [0, 0.1) is 5.82 Å². The van der Waals surface area contributed by atoms with Crippen molar-refractivity contribution in [2.75, 3.05) is 26.2 Å². The molecule has 0 unspecified atom stereocenters. The van der Waals surface area contributed by atoms with E-state index in [-0.39, 0.29) is 37.6 Å². The van der Waals surface area contributed by atoms with Crippen LogP contribution in [0.1, 0.15) is 10.4 Å². The maximum absolute atomic E-state index is 14.1. The van der Waals surface area contributed by atoms with Crippen molar-refractivity contribution in [3.63, 3.8) is 0 Å². The minimum atomic E-state index is -1.03. The maximum Gasteiger partial charge on any atom is 0.407 e. The van der Waals surface area contributed by atoms with E-state index < -0.39 is 23.9 Å². The van der Waals surface area contributed by atoms with Gasteiger partial charge in [-0.1, -0.05) is 15.9 Å². The number of carboxylic acid groups (broad SMARTS) is 1. The van der Waals surface area contributed by atoms with Gasteiger partial charge in [0.2, 0.25) is 0 Å². The first-order valence-electron chi connectivity index (χ1n) is 6.38. The van der Waals surface area contributed by atoms with Crippen LogP contribution in [0.15, 0.2) is 16.6 Å². The standard InChI is InChI=1S/C13H12BrFN2O4/c14-7-3-9(15)11-10(4-7)21-6-8-5-16(13(19)20)1-2-17(8)12(11)18/h3-4,8H,1-2,5-6H2,(H,19,20)/t8-/m1/s1. The van der Waals surface area contributed by atoms with Gasteiger partial charge in [0.25, 0.3) is 5.91 Å². The van der Waals surface area contributed by atoms with Crippen molar-refractivity contribution in [2.24, 2.45) is 0 Å². The van der Waals surface area contributed by atoms with Gasteiger partial charge in [0, 0.05) is 24.1 Å². The second-order valence-corrected chi connectivity index (χ2v) is 5.87. The number of ether oxygens (including phenoxy) is 1. The summed E-state index contributed by atoms with van der Waals surface area (Å²) >= 11 is 3.16. The Labute approximate surface area is 128 Å². The molecule has 1 aromatic carbocycles. The average molecular weight is 359 g/mol. The molecule has 2 aliphatic rings. The molecule has 0 aliphatic carbocycles. The van der Waals surface area contributed by atoms with E-state index in [1.54, 1.807) is 6.07 Å². The minimum Gasteiger partial charge on any atom is -0.490 e. The SMILES string of the molecule is O=C(O)N1CCN2C(=O)c3c(F)cc(Br)cc3OC[C@H]2C1. The van der Waals surface area contributed by atoms with Gasteiger partial charge in [-0.2, -0.15) is 0 Å². The highest BCUT2D eigenvalue weighted by molar-refractivity contribution is 9.10. The number of benzene rings is 1. The Morgan fingerprint density at radius 1 is 1.43 bits per heavy atom. The molecule has 112 valence electrons. The Kier molecular flexibility index (Phi) is 3.48. The van der Waals surface area contributed by atoms with E-state index in [2.05, 4.69) is 15.9 Å². The van der Waals surface area contributed by atoms with Gasteiger partial charge in [0.15, 0.2) is 0 Å². The summed E-state index contributed by atoms with van der Waals surface area (Å²) in [5, 5.41) is 9.03. The zero-order chi connectivity index (χ0) is 15.1. The Hall–Kier alpha value is -1.83. The molecule has 21 heavy (non-hydrogen) atoms. The summed E-state index contributed by atoms with van der Waals surface area (Å²) in [6, 6.07) is 2.35. The van der Waals surface area contributed by atoms with Crippen LogP contribution in [0.5, 0.6) is 5.75 Å². The van der Waals surface area contributed by atoms with Crippen LogP contribution in [0.4, 0.5) is 9.18 Å². The van der Waals surface area contributed by atoms with Crippen LogP contribution >= 0.6 is 15.9 Å². The number of carbonyl (C=O) groups is 2. The molecular weight excluding hydrogens is 347 g/mol. The fourth-order valence-corrected chi connectivity index (χ4v) is 3.05. The number of fused-ring (bicyclic) bond motifs is 2. The van der Waals surface area contributed by atoms with Gasteiger partial charge in [-0.15, -0.1) is 0 Å². The van der Waals surface area contributed by atoms with Crippen LogP contribution in [0.3, 0.4) is 0 Å². The molecule has 0 spiro atoms. The van der Waals surface area contributed by atoms with Crippen molar-refractivity contribution >= 4 is 27.9 Å². The Morgan fingerprint density at radius 2 is 2.19 bits per heavy atom. The number of nitrogens with zero attached hydrogens (tertiary/aromatic N) is 2. The monoisotopic (exact) mass is 358 g/mol. The molecular formula is C13H12BrFN2O4. The molecule has 2 aliphatic heterocycles. The summed E-state index contributed by atoms with van der Waals surface area (Å²) in [7, 11) is 0. The smallest absolute Gasteiger partial charge is 0.407 e. The fourth-order valence-electron chi connectivity index (χ4n) is 2.64. The zero-order valence-corrected chi connectivity index (χ0v) is 12.5. The second-order valence-electron chi connectivity index (χ2n) is 4.95. The molecule has 6 nitrogen and oxygen atoms in total. The lowest BCUT2D eigenvalue weighted by Crippen LogP contribution is -2.57. The minimum absolute atomic E-state index is 0.0931. The van der Waals surface area contributed by atoms with Crippen LogP contribution in [0.25, 0.3) is 0 Å². The quantitative estimate of drug-likeness (QED) is 0.767. The summed E-state index contributed by atoms with van der Waals surface area (Å²) in [5.74, 6) is -0.920. The molecule has 1 aromatic rings. The van der Waals surface area contributed by atoms with E-state index in [1.807, 2.05) is 0 Å². The number of piperazine rings is 1. The summed E-state index contributed by atoms with van der Waals surface area (Å²) in [6.45, 7) is 0.745. The number of hydrogen-bond donors (Lipinski definition) is 1. The summed E-state index contributed by atoms with van der Waals surface area (Å²) in [4.78, 5) is 26.3. The van der Waals surface area contributed by atoms with E-state index in [9.17, 15) is 14.0 Å².